The van der Waals surface area contributed by atoms with Gasteiger partial charge in [0.05, 0.1) is 17.4 Å². The Kier molecular flexibility index (Phi) is 5.88. The summed E-state index contributed by atoms with van der Waals surface area (Å²) >= 11 is 8.46. The fraction of sp³-hybridized carbons (Fsp3) is 0.200. The van der Waals surface area contributed by atoms with Crippen molar-refractivity contribution in [2.75, 3.05) is 12.4 Å². The van der Waals surface area contributed by atoms with Gasteiger partial charge in [-0.05, 0) is 43.3 Å². The summed E-state index contributed by atoms with van der Waals surface area (Å²) in [6.07, 6.45) is 0. The van der Waals surface area contributed by atoms with E-state index in [2.05, 4.69) is 10.1 Å². The number of methoxy groups -OCH3 is 1. The van der Waals surface area contributed by atoms with Crippen LogP contribution in [0.5, 0.6) is 0 Å². The zero-order valence-corrected chi connectivity index (χ0v) is 14.3. The summed E-state index contributed by atoms with van der Waals surface area (Å²) in [4.78, 5) is 25.0. The molecule has 0 spiro atoms. The molecule has 0 aliphatic carbocycles. The molecular formula is C15H14ClNO3S2. The number of ether oxygens (including phenoxy) is 1. The summed E-state index contributed by atoms with van der Waals surface area (Å²) in [7, 11) is 1.32. The van der Waals surface area contributed by atoms with Crippen LogP contribution >= 0.6 is 34.7 Å². The zero-order valence-electron chi connectivity index (χ0n) is 12.0. The first-order valence-electron chi connectivity index (χ1n) is 6.41. The van der Waals surface area contributed by atoms with Gasteiger partial charge in [0.15, 0.2) is 0 Å². The van der Waals surface area contributed by atoms with Crippen molar-refractivity contribution in [2.45, 2.75) is 17.1 Å². The Hall–Kier alpha value is -1.50. The lowest BCUT2D eigenvalue weighted by molar-refractivity contribution is -0.115. The van der Waals surface area contributed by atoms with Crippen LogP contribution < -0.4 is 5.32 Å². The van der Waals surface area contributed by atoms with E-state index < -0.39 is 5.97 Å². The van der Waals surface area contributed by atoms with Crippen molar-refractivity contribution in [1.82, 2.24) is 0 Å². The van der Waals surface area contributed by atoms with E-state index in [0.29, 0.717) is 14.9 Å². The van der Waals surface area contributed by atoms with Crippen molar-refractivity contribution in [3.05, 3.63) is 46.3 Å². The van der Waals surface area contributed by atoms with Gasteiger partial charge in [0, 0.05) is 9.92 Å². The van der Waals surface area contributed by atoms with Crippen LogP contribution in [0, 0.1) is 0 Å². The summed E-state index contributed by atoms with van der Waals surface area (Å²) in [5.41, 5.74) is 0. The van der Waals surface area contributed by atoms with Crippen LogP contribution in [0.3, 0.4) is 0 Å². The predicted octanol–water partition coefficient (Wildman–Crippen LogP) is 4.31. The van der Waals surface area contributed by atoms with E-state index in [9.17, 15) is 9.59 Å². The highest BCUT2D eigenvalue weighted by molar-refractivity contribution is 8.00. The molecular weight excluding hydrogens is 342 g/mol. The number of amides is 1. The number of esters is 1. The average Bonchev–Trinajstić information content (AvgIpc) is 2.97. The summed E-state index contributed by atoms with van der Waals surface area (Å²) in [5.74, 6) is -0.535. The van der Waals surface area contributed by atoms with Crippen molar-refractivity contribution in [3.63, 3.8) is 0 Å². The Balaban J connectivity index is 1.94. The number of anilines is 1. The Morgan fingerprint density at radius 3 is 2.55 bits per heavy atom. The molecule has 0 saturated carbocycles. The third-order valence-corrected chi connectivity index (χ3v) is 5.08. The van der Waals surface area contributed by atoms with Gasteiger partial charge >= 0.3 is 5.97 Å². The van der Waals surface area contributed by atoms with Gasteiger partial charge in [0.1, 0.15) is 4.88 Å². The Labute approximate surface area is 141 Å². The van der Waals surface area contributed by atoms with E-state index in [0.717, 1.165) is 4.90 Å². The molecule has 1 aromatic carbocycles. The van der Waals surface area contributed by atoms with Gasteiger partial charge in [-0.25, -0.2) is 4.79 Å². The van der Waals surface area contributed by atoms with Gasteiger partial charge in [-0.3, -0.25) is 4.79 Å². The molecule has 1 atom stereocenters. The normalized spacial score (nSPS) is 11.8. The lowest BCUT2D eigenvalue weighted by Gasteiger charge is -2.10. The molecule has 1 heterocycles. The van der Waals surface area contributed by atoms with Crippen LogP contribution in [-0.4, -0.2) is 24.2 Å². The summed E-state index contributed by atoms with van der Waals surface area (Å²) in [5, 5.41) is 3.81. The monoisotopic (exact) mass is 355 g/mol. The van der Waals surface area contributed by atoms with Crippen LogP contribution in [0.2, 0.25) is 5.02 Å². The largest absolute Gasteiger partial charge is 0.465 e. The number of thioether (sulfide) groups is 1. The maximum absolute atomic E-state index is 12.2. The molecule has 0 aliphatic heterocycles. The third-order valence-electron chi connectivity index (χ3n) is 2.73. The highest BCUT2D eigenvalue weighted by Crippen LogP contribution is 2.27. The minimum atomic E-state index is -0.408. The highest BCUT2D eigenvalue weighted by Gasteiger charge is 2.16. The zero-order chi connectivity index (χ0) is 16.1. The van der Waals surface area contributed by atoms with E-state index in [1.54, 1.807) is 24.3 Å². The second-order valence-corrected chi connectivity index (χ2v) is 7.29. The third kappa shape index (κ3) is 4.50. The lowest BCUT2D eigenvalue weighted by Crippen LogP contribution is -2.21. The number of benzene rings is 1. The minimum absolute atomic E-state index is 0.127. The van der Waals surface area contributed by atoms with Crippen molar-refractivity contribution in [3.8, 4) is 0 Å². The first-order chi connectivity index (χ1) is 10.5. The summed E-state index contributed by atoms with van der Waals surface area (Å²) in [6.45, 7) is 1.82. The number of rotatable bonds is 5. The van der Waals surface area contributed by atoms with E-state index >= 15 is 0 Å². The van der Waals surface area contributed by atoms with Gasteiger partial charge in [0.2, 0.25) is 5.91 Å². The summed E-state index contributed by atoms with van der Waals surface area (Å²) < 4.78 is 4.63. The number of carbonyl (C=O) groups excluding carboxylic acids is 2. The molecule has 1 amide bonds. The van der Waals surface area contributed by atoms with E-state index in [4.69, 9.17) is 11.6 Å². The van der Waals surface area contributed by atoms with Gasteiger partial charge < -0.3 is 10.1 Å². The van der Waals surface area contributed by atoms with Crippen LogP contribution in [0.25, 0.3) is 0 Å². The molecule has 7 heteroatoms. The molecule has 1 aromatic heterocycles. The molecule has 0 fully saturated rings. The van der Waals surface area contributed by atoms with Crippen LogP contribution in [0.15, 0.2) is 41.3 Å². The highest BCUT2D eigenvalue weighted by atomic mass is 35.5. The molecule has 2 aromatic rings. The number of halogens is 1. The van der Waals surface area contributed by atoms with E-state index in [1.165, 1.54) is 30.2 Å². The van der Waals surface area contributed by atoms with Gasteiger partial charge in [-0.1, -0.05) is 11.6 Å². The SMILES string of the molecule is COC(=O)c1ccc(NC(=O)[C@@H](C)Sc2ccc(Cl)cc2)s1. The molecule has 116 valence electrons. The molecule has 0 unspecified atom stereocenters. The van der Waals surface area contributed by atoms with Crippen LogP contribution in [0.4, 0.5) is 5.00 Å². The number of thiophene rings is 1. The average molecular weight is 356 g/mol. The Morgan fingerprint density at radius 2 is 1.91 bits per heavy atom. The van der Waals surface area contributed by atoms with Crippen molar-refractivity contribution < 1.29 is 14.3 Å². The van der Waals surface area contributed by atoms with Crippen molar-refractivity contribution in [2.24, 2.45) is 0 Å². The standard InChI is InChI=1S/C15H14ClNO3S2/c1-9(21-11-5-3-10(16)4-6-11)14(18)17-13-8-7-12(22-13)15(19)20-2/h3-9H,1-2H3,(H,17,18)/t9-/m1/s1. The number of hydrogen-bond acceptors (Lipinski definition) is 5. The molecule has 0 bridgehead atoms. The molecule has 0 aliphatic rings. The molecule has 2 rings (SSSR count). The minimum Gasteiger partial charge on any atom is -0.465 e. The molecule has 4 nitrogen and oxygen atoms in total. The van der Waals surface area contributed by atoms with E-state index in [-0.39, 0.29) is 11.2 Å². The number of carbonyl (C=O) groups is 2. The Morgan fingerprint density at radius 1 is 1.23 bits per heavy atom. The second kappa shape index (κ2) is 7.67. The lowest BCUT2D eigenvalue weighted by atomic mass is 10.4. The maximum atomic E-state index is 12.2. The fourth-order valence-electron chi connectivity index (χ4n) is 1.61. The Bertz CT molecular complexity index is 670. The maximum Gasteiger partial charge on any atom is 0.348 e. The van der Waals surface area contributed by atoms with Crippen LogP contribution in [0.1, 0.15) is 16.6 Å². The van der Waals surface area contributed by atoms with Gasteiger partial charge in [-0.15, -0.1) is 23.1 Å². The first kappa shape index (κ1) is 16.9. The first-order valence-corrected chi connectivity index (χ1v) is 8.48. The summed E-state index contributed by atoms with van der Waals surface area (Å²) in [6, 6.07) is 10.6. The fourth-order valence-corrected chi connectivity index (χ4v) is 3.43. The number of hydrogen-bond donors (Lipinski definition) is 1. The molecule has 22 heavy (non-hydrogen) atoms. The quantitative estimate of drug-likeness (QED) is 0.641. The van der Waals surface area contributed by atoms with Gasteiger partial charge in [0.25, 0.3) is 0 Å². The van der Waals surface area contributed by atoms with Gasteiger partial charge in [-0.2, -0.15) is 0 Å². The van der Waals surface area contributed by atoms with E-state index in [1.807, 2.05) is 19.1 Å². The van der Waals surface area contributed by atoms with Crippen molar-refractivity contribution in [1.29, 1.82) is 0 Å². The topological polar surface area (TPSA) is 55.4 Å². The smallest absolute Gasteiger partial charge is 0.348 e. The molecule has 0 radical (unpaired) electrons. The molecule has 1 N–H and O–H groups in total. The number of nitrogens with one attached hydrogen (secondary N) is 1. The van der Waals surface area contributed by atoms with Crippen LogP contribution in [-0.2, 0) is 9.53 Å². The molecule has 0 saturated heterocycles. The van der Waals surface area contributed by atoms with Crippen molar-refractivity contribution >= 4 is 51.6 Å². The predicted molar refractivity (Wildman–Crippen MR) is 91.1 cm³/mol. The second-order valence-electron chi connectivity index (χ2n) is 4.36.